The smallest absolute Gasteiger partial charge is 0.288 e. The van der Waals surface area contributed by atoms with Crippen molar-refractivity contribution >= 4 is 22.9 Å². The van der Waals surface area contributed by atoms with Crippen LogP contribution in [0.15, 0.2) is 19.0 Å². The van der Waals surface area contributed by atoms with Crippen LogP contribution in [0.5, 0.6) is 0 Å². The van der Waals surface area contributed by atoms with Crippen LogP contribution in [0.25, 0.3) is 11.2 Å². The summed E-state index contributed by atoms with van der Waals surface area (Å²) in [6, 6.07) is 0. The highest BCUT2D eigenvalue weighted by atomic mass is 16.6. The number of carbonyl (C=O) groups is 1. The minimum absolute atomic E-state index is 0.220. The molecule has 190 valence electrons. The number of anilines is 1. The number of amides is 1. The fourth-order valence-electron chi connectivity index (χ4n) is 3.74. The summed E-state index contributed by atoms with van der Waals surface area (Å²) in [6.07, 6.45) is -1.67. The van der Waals surface area contributed by atoms with E-state index in [4.69, 9.17) is 31.2 Å². The average Bonchev–Trinajstić information content (AvgIpc) is 3.61. The number of primary amides is 1. The summed E-state index contributed by atoms with van der Waals surface area (Å²) in [5.41, 5.74) is 11.7. The molecule has 1 amide bonds. The van der Waals surface area contributed by atoms with E-state index in [0.29, 0.717) is 23.4 Å². The number of imidazole rings is 1. The third kappa shape index (κ3) is 4.78. The first-order valence-electron chi connectivity index (χ1n) is 10.5. The normalized spacial score (nSPS) is 30.4. The molecule has 3 aromatic rings. The number of aromatic nitrogens is 7. The maximum Gasteiger partial charge on any atom is 0.288 e. The Balaban J connectivity index is 0.000000165. The lowest BCUT2D eigenvalue weighted by Gasteiger charge is -2.13. The van der Waals surface area contributed by atoms with Gasteiger partial charge >= 0.3 is 0 Å². The van der Waals surface area contributed by atoms with E-state index in [2.05, 4.69) is 25.0 Å². The largest absolute Gasteiger partial charge is 0.394 e. The molecule has 0 radical (unpaired) electrons. The van der Waals surface area contributed by atoms with E-state index in [0.717, 1.165) is 11.0 Å². The summed E-state index contributed by atoms with van der Waals surface area (Å²) in [5, 5.41) is 50.5. The number of aliphatic hydroxyl groups excluding tert-OH is 5. The standard InChI is InChI=1S/C10H13N5O3.C8H12N4O5/c11-9-8-10(13-3-12-9)15(4-14-8)7-1-5(17)6(2-16)18-7;9-6(16)7-10-2-12(11-7)8-5(15)4(14)3(1-13)17-8/h3-7,16-17H,1-2H2,(H2,11,12,13);2-5,8,13-15H,1H2,(H2,9,16)/t5-,6+,7+;3-,4-,5-,8-/m01/s1. The van der Waals surface area contributed by atoms with E-state index in [1.807, 2.05) is 0 Å². The van der Waals surface area contributed by atoms with Crippen LogP contribution in [0.4, 0.5) is 5.82 Å². The van der Waals surface area contributed by atoms with Crippen molar-refractivity contribution in [3.63, 3.8) is 0 Å². The van der Waals surface area contributed by atoms with Crippen LogP contribution in [0.1, 0.15) is 29.5 Å². The highest BCUT2D eigenvalue weighted by molar-refractivity contribution is 5.88. The average molecular weight is 495 g/mol. The Bertz CT molecular complexity index is 1170. The molecule has 2 aliphatic heterocycles. The monoisotopic (exact) mass is 495 g/mol. The van der Waals surface area contributed by atoms with Crippen molar-refractivity contribution < 1.29 is 39.8 Å². The number of nitrogens with two attached hydrogens (primary N) is 2. The van der Waals surface area contributed by atoms with Gasteiger partial charge in [-0.2, -0.15) is 0 Å². The van der Waals surface area contributed by atoms with E-state index >= 15 is 0 Å². The predicted octanol–water partition coefficient (Wildman–Crippen LogP) is -3.96. The molecule has 0 bridgehead atoms. The van der Waals surface area contributed by atoms with Gasteiger partial charge in [0, 0.05) is 6.42 Å². The van der Waals surface area contributed by atoms with Gasteiger partial charge in [-0.15, -0.1) is 5.10 Å². The summed E-state index contributed by atoms with van der Waals surface area (Å²) in [4.78, 5) is 26.5. The molecule has 0 saturated carbocycles. The SMILES string of the molecule is NC(=O)c1ncn([C@@H]2O[C@H](CO)[C@@H](O)[C@H]2O)n1.Nc1ncnc2c1ncn2[C@H]1C[C@H](O)[C@@H](CO)O1. The molecule has 2 fully saturated rings. The number of aliphatic hydroxyl groups is 5. The van der Waals surface area contributed by atoms with Crippen LogP contribution in [0, 0.1) is 0 Å². The van der Waals surface area contributed by atoms with Gasteiger partial charge in [-0.05, 0) is 0 Å². The molecular formula is C18H25N9O8. The van der Waals surface area contributed by atoms with Crippen molar-refractivity contribution in [2.24, 2.45) is 5.73 Å². The fraction of sp³-hybridized carbons (Fsp3) is 0.556. The summed E-state index contributed by atoms with van der Waals surface area (Å²) in [5.74, 6) is -0.728. The lowest BCUT2D eigenvalue weighted by Crippen LogP contribution is -2.33. The second-order valence-electron chi connectivity index (χ2n) is 7.84. The van der Waals surface area contributed by atoms with Gasteiger partial charge in [0.1, 0.15) is 48.8 Å². The highest BCUT2D eigenvalue weighted by Crippen LogP contribution is 2.31. The molecule has 17 nitrogen and oxygen atoms in total. The zero-order valence-corrected chi connectivity index (χ0v) is 18.1. The van der Waals surface area contributed by atoms with Crippen molar-refractivity contribution in [1.29, 1.82) is 0 Å². The van der Waals surface area contributed by atoms with E-state index in [1.165, 1.54) is 6.33 Å². The minimum Gasteiger partial charge on any atom is -0.394 e. The lowest BCUT2D eigenvalue weighted by atomic mass is 10.1. The van der Waals surface area contributed by atoms with Gasteiger partial charge in [0.15, 0.2) is 17.7 Å². The maximum atomic E-state index is 10.8. The Kier molecular flexibility index (Phi) is 7.17. The second kappa shape index (κ2) is 10.1. The van der Waals surface area contributed by atoms with Crippen LogP contribution in [0.2, 0.25) is 0 Å². The van der Waals surface area contributed by atoms with Gasteiger partial charge < -0.3 is 46.5 Å². The predicted molar refractivity (Wildman–Crippen MR) is 113 cm³/mol. The van der Waals surface area contributed by atoms with E-state index in [9.17, 15) is 20.1 Å². The summed E-state index contributed by atoms with van der Waals surface area (Å²) in [6.45, 7) is -0.659. The van der Waals surface area contributed by atoms with Crippen molar-refractivity contribution in [3.05, 3.63) is 24.8 Å². The molecule has 0 unspecified atom stereocenters. The molecule has 5 heterocycles. The molecule has 2 saturated heterocycles. The minimum atomic E-state index is -1.27. The van der Waals surface area contributed by atoms with E-state index in [1.54, 1.807) is 10.9 Å². The third-order valence-corrected chi connectivity index (χ3v) is 5.59. The summed E-state index contributed by atoms with van der Waals surface area (Å²) >= 11 is 0. The Hall–Kier alpha value is -3.32. The first kappa shape index (κ1) is 24.8. The van der Waals surface area contributed by atoms with Gasteiger partial charge in [0.2, 0.25) is 5.82 Å². The molecule has 0 aromatic carbocycles. The molecule has 35 heavy (non-hydrogen) atoms. The molecule has 9 N–H and O–H groups in total. The van der Waals surface area contributed by atoms with E-state index in [-0.39, 0.29) is 12.4 Å². The molecule has 3 aromatic heterocycles. The van der Waals surface area contributed by atoms with Crippen molar-refractivity contribution in [3.8, 4) is 0 Å². The zero-order chi connectivity index (χ0) is 25.3. The zero-order valence-electron chi connectivity index (χ0n) is 18.1. The van der Waals surface area contributed by atoms with Gasteiger partial charge in [0.25, 0.3) is 5.91 Å². The molecule has 0 aliphatic carbocycles. The number of nitrogens with zero attached hydrogens (tertiary/aromatic N) is 7. The van der Waals surface area contributed by atoms with Crippen LogP contribution in [-0.4, -0.2) is 109 Å². The highest BCUT2D eigenvalue weighted by Gasteiger charge is 2.44. The topological polar surface area (TPSA) is 263 Å². The van der Waals surface area contributed by atoms with Crippen LogP contribution >= 0.6 is 0 Å². The molecular weight excluding hydrogens is 470 g/mol. The number of fused-ring (bicyclic) bond motifs is 1. The number of carbonyl (C=O) groups excluding carboxylic acids is 1. The number of rotatable bonds is 5. The second-order valence-corrected chi connectivity index (χ2v) is 7.84. The number of ether oxygens (including phenoxy) is 2. The Morgan fingerprint density at radius 3 is 2.37 bits per heavy atom. The van der Waals surface area contributed by atoms with Crippen LogP contribution in [0.3, 0.4) is 0 Å². The summed E-state index contributed by atoms with van der Waals surface area (Å²) in [7, 11) is 0. The number of hydrogen-bond donors (Lipinski definition) is 7. The fourth-order valence-corrected chi connectivity index (χ4v) is 3.74. The Morgan fingerprint density at radius 1 is 1.03 bits per heavy atom. The first-order valence-corrected chi connectivity index (χ1v) is 10.5. The van der Waals surface area contributed by atoms with Crippen molar-refractivity contribution in [2.75, 3.05) is 18.9 Å². The molecule has 17 heteroatoms. The van der Waals surface area contributed by atoms with Gasteiger partial charge in [0.05, 0.1) is 25.6 Å². The van der Waals surface area contributed by atoms with Crippen molar-refractivity contribution in [1.82, 2.24) is 34.3 Å². The molecule has 2 aliphatic rings. The van der Waals surface area contributed by atoms with E-state index < -0.39 is 55.5 Å². The molecule has 5 rings (SSSR count). The van der Waals surface area contributed by atoms with Gasteiger partial charge in [-0.3, -0.25) is 9.36 Å². The van der Waals surface area contributed by atoms with Crippen LogP contribution < -0.4 is 11.5 Å². The molecule has 0 spiro atoms. The lowest BCUT2D eigenvalue weighted by molar-refractivity contribution is -0.0588. The maximum absolute atomic E-state index is 10.8. The molecule has 7 atom stereocenters. The number of nitrogen functional groups attached to an aromatic ring is 1. The summed E-state index contributed by atoms with van der Waals surface area (Å²) < 4.78 is 13.5. The quantitative estimate of drug-likeness (QED) is 0.178. The van der Waals surface area contributed by atoms with Crippen molar-refractivity contribution in [2.45, 2.75) is 49.4 Å². The number of hydrogen-bond acceptors (Lipinski definition) is 14. The third-order valence-electron chi connectivity index (χ3n) is 5.59. The Labute approximate surface area is 196 Å². The Morgan fingerprint density at radius 2 is 1.77 bits per heavy atom. The first-order chi connectivity index (χ1) is 16.7. The van der Waals surface area contributed by atoms with Gasteiger partial charge in [-0.25, -0.2) is 24.6 Å². The van der Waals surface area contributed by atoms with Gasteiger partial charge in [-0.1, -0.05) is 0 Å². The van der Waals surface area contributed by atoms with Crippen LogP contribution in [-0.2, 0) is 9.47 Å².